The summed E-state index contributed by atoms with van der Waals surface area (Å²) in [7, 11) is 0. The Bertz CT molecular complexity index is 257. The van der Waals surface area contributed by atoms with E-state index in [0.717, 1.165) is 18.4 Å². The van der Waals surface area contributed by atoms with Crippen molar-refractivity contribution in [2.75, 3.05) is 13.1 Å². The molecule has 3 heteroatoms. The van der Waals surface area contributed by atoms with E-state index in [0.29, 0.717) is 4.99 Å². The predicted molar refractivity (Wildman–Crippen MR) is 79.2 cm³/mol. The standard InChI is InChI=1S/C14H28N2S/c1-11(2)10-16(12-6-7-12)9-5-8-14(3,4)13(15)17/h11-12H,5-10H2,1-4H3,(H2,15,17). The normalized spacial score (nSPS) is 16.8. The van der Waals surface area contributed by atoms with E-state index in [1.54, 1.807) is 0 Å². The van der Waals surface area contributed by atoms with Crippen molar-refractivity contribution in [1.82, 2.24) is 4.90 Å². The molecule has 1 aliphatic carbocycles. The van der Waals surface area contributed by atoms with Crippen molar-refractivity contribution in [3.63, 3.8) is 0 Å². The quantitative estimate of drug-likeness (QED) is 0.676. The van der Waals surface area contributed by atoms with Gasteiger partial charge >= 0.3 is 0 Å². The van der Waals surface area contributed by atoms with E-state index in [1.807, 2.05) is 0 Å². The fourth-order valence-corrected chi connectivity index (χ4v) is 2.28. The van der Waals surface area contributed by atoms with Gasteiger partial charge in [-0.1, -0.05) is 39.9 Å². The molecular weight excluding hydrogens is 228 g/mol. The third kappa shape index (κ3) is 5.35. The van der Waals surface area contributed by atoms with Gasteiger partial charge in [0, 0.05) is 18.0 Å². The Balaban J connectivity index is 2.30. The van der Waals surface area contributed by atoms with E-state index in [4.69, 9.17) is 18.0 Å². The summed E-state index contributed by atoms with van der Waals surface area (Å²) in [6.45, 7) is 11.3. The second-order valence-electron chi connectivity index (χ2n) is 6.47. The molecule has 1 rings (SSSR count). The Morgan fingerprint density at radius 2 is 2.00 bits per heavy atom. The molecule has 0 aliphatic heterocycles. The molecule has 0 aromatic rings. The van der Waals surface area contributed by atoms with Crippen molar-refractivity contribution in [1.29, 1.82) is 0 Å². The van der Waals surface area contributed by atoms with Gasteiger partial charge in [-0.05, 0) is 38.1 Å². The summed E-state index contributed by atoms with van der Waals surface area (Å²) in [5, 5.41) is 0. The number of hydrogen-bond acceptors (Lipinski definition) is 2. The summed E-state index contributed by atoms with van der Waals surface area (Å²) >= 11 is 5.11. The van der Waals surface area contributed by atoms with Gasteiger partial charge in [-0.15, -0.1) is 0 Å². The molecule has 17 heavy (non-hydrogen) atoms. The van der Waals surface area contributed by atoms with Crippen LogP contribution >= 0.6 is 12.2 Å². The van der Waals surface area contributed by atoms with E-state index in [9.17, 15) is 0 Å². The van der Waals surface area contributed by atoms with Crippen LogP contribution in [0, 0.1) is 11.3 Å². The molecule has 1 fully saturated rings. The lowest BCUT2D eigenvalue weighted by Gasteiger charge is -2.27. The Kier molecular flexibility index (Phi) is 5.39. The van der Waals surface area contributed by atoms with Gasteiger partial charge in [0.15, 0.2) is 0 Å². The molecule has 0 radical (unpaired) electrons. The molecule has 0 aromatic carbocycles. The number of hydrogen-bond donors (Lipinski definition) is 1. The third-order valence-corrected chi connectivity index (χ3v) is 4.13. The Hall–Kier alpha value is -0.150. The zero-order chi connectivity index (χ0) is 13.1. The molecule has 0 aromatic heterocycles. The first-order chi connectivity index (χ1) is 7.83. The molecule has 1 saturated carbocycles. The van der Waals surface area contributed by atoms with Gasteiger partial charge in [-0.2, -0.15) is 0 Å². The number of rotatable bonds is 8. The van der Waals surface area contributed by atoms with Crippen LogP contribution in [0.2, 0.25) is 0 Å². The Morgan fingerprint density at radius 3 is 2.41 bits per heavy atom. The van der Waals surface area contributed by atoms with Crippen LogP contribution < -0.4 is 5.73 Å². The average Bonchev–Trinajstić information content (AvgIpc) is 2.98. The molecule has 100 valence electrons. The van der Waals surface area contributed by atoms with Crippen molar-refractivity contribution >= 4 is 17.2 Å². The van der Waals surface area contributed by atoms with Crippen molar-refractivity contribution < 1.29 is 0 Å². The number of nitrogens with two attached hydrogens (primary N) is 1. The van der Waals surface area contributed by atoms with E-state index in [2.05, 4.69) is 32.6 Å². The zero-order valence-corrected chi connectivity index (χ0v) is 12.6. The maximum Gasteiger partial charge on any atom is 0.0784 e. The van der Waals surface area contributed by atoms with Crippen molar-refractivity contribution in [3.8, 4) is 0 Å². The molecule has 0 heterocycles. The number of thiocarbonyl (C=S) groups is 1. The van der Waals surface area contributed by atoms with E-state index in [1.165, 1.54) is 32.4 Å². The van der Waals surface area contributed by atoms with E-state index < -0.39 is 0 Å². The van der Waals surface area contributed by atoms with Gasteiger partial charge in [-0.25, -0.2) is 0 Å². The van der Waals surface area contributed by atoms with Crippen LogP contribution in [0.1, 0.15) is 53.4 Å². The first-order valence-corrected chi connectivity index (χ1v) is 7.27. The summed E-state index contributed by atoms with van der Waals surface area (Å²) in [5.74, 6) is 0.763. The monoisotopic (exact) mass is 256 g/mol. The second kappa shape index (κ2) is 6.14. The van der Waals surface area contributed by atoms with Gasteiger partial charge in [0.1, 0.15) is 0 Å². The predicted octanol–water partition coefficient (Wildman–Crippen LogP) is 3.20. The highest BCUT2D eigenvalue weighted by atomic mass is 32.1. The first-order valence-electron chi connectivity index (χ1n) is 6.87. The Labute approximate surface area is 112 Å². The molecule has 0 bridgehead atoms. The highest BCUT2D eigenvalue weighted by Gasteiger charge is 2.29. The third-order valence-electron chi connectivity index (χ3n) is 3.58. The van der Waals surface area contributed by atoms with Crippen molar-refractivity contribution in [2.24, 2.45) is 17.1 Å². The summed E-state index contributed by atoms with van der Waals surface area (Å²) in [6.07, 6.45) is 5.09. The minimum atomic E-state index is 0.0163. The molecule has 0 spiro atoms. The SMILES string of the molecule is CC(C)CN(CCCC(C)(C)C(N)=S)C1CC1. The minimum Gasteiger partial charge on any atom is -0.393 e. The van der Waals surface area contributed by atoms with Gasteiger partial charge in [0.25, 0.3) is 0 Å². The van der Waals surface area contributed by atoms with Crippen molar-refractivity contribution in [2.45, 2.75) is 59.4 Å². The molecule has 0 atom stereocenters. The average molecular weight is 256 g/mol. The molecule has 0 saturated heterocycles. The van der Waals surface area contributed by atoms with Crippen LogP contribution in [0.15, 0.2) is 0 Å². The highest BCUT2D eigenvalue weighted by molar-refractivity contribution is 7.80. The summed E-state index contributed by atoms with van der Waals surface area (Å²) in [6, 6.07) is 0.866. The van der Waals surface area contributed by atoms with Crippen LogP contribution in [-0.2, 0) is 0 Å². The lowest BCUT2D eigenvalue weighted by Crippen LogP contribution is -2.34. The van der Waals surface area contributed by atoms with Crippen LogP contribution in [0.3, 0.4) is 0 Å². The van der Waals surface area contributed by atoms with Crippen molar-refractivity contribution in [3.05, 3.63) is 0 Å². The molecular formula is C14H28N2S. The summed E-state index contributed by atoms with van der Waals surface area (Å²) < 4.78 is 0. The van der Waals surface area contributed by atoms with Gasteiger partial charge in [-0.3, -0.25) is 0 Å². The van der Waals surface area contributed by atoms with Crippen LogP contribution in [0.4, 0.5) is 0 Å². The van der Waals surface area contributed by atoms with Gasteiger partial charge in [0.2, 0.25) is 0 Å². The zero-order valence-electron chi connectivity index (χ0n) is 11.8. The topological polar surface area (TPSA) is 29.3 Å². The van der Waals surface area contributed by atoms with Crippen LogP contribution in [-0.4, -0.2) is 29.0 Å². The van der Waals surface area contributed by atoms with E-state index in [-0.39, 0.29) is 5.41 Å². The molecule has 1 aliphatic rings. The highest BCUT2D eigenvalue weighted by Crippen LogP contribution is 2.29. The van der Waals surface area contributed by atoms with E-state index >= 15 is 0 Å². The van der Waals surface area contributed by atoms with Crippen LogP contribution in [0.25, 0.3) is 0 Å². The number of nitrogens with zero attached hydrogens (tertiary/aromatic N) is 1. The second-order valence-corrected chi connectivity index (χ2v) is 6.91. The maximum atomic E-state index is 5.76. The fourth-order valence-electron chi connectivity index (χ4n) is 2.18. The van der Waals surface area contributed by atoms with Gasteiger partial charge in [0.05, 0.1) is 4.99 Å². The summed E-state index contributed by atoms with van der Waals surface area (Å²) in [5.41, 5.74) is 5.77. The minimum absolute atomic E-state index is 0.0163. The fraction of sp³-hybridized carbons (Fsp3) is 0.929. The summed E-state index contributed by atoms with van der Waals surface area (Å²) in [4.78, 5) is 3.31. The molecule has 0 unspecified atom stereocenters. The lowest BCUT2D eigenvalue weighted by molar-refractivity contribution is 0.223. The largest absolute Gasteiger partial charge is 0.393 e. The molecule has 2 N–H and O–H groups in total. The Morgan fingerprint density at radius 1 is 1.41 bits per heavy atom. The molecule has 2 nitrogen and oxygen atoms in total. The maximum absolute atomic E-state index is 5.76. The lowest BCUT2D eigenvalue weighted by atomic mass is 9.88. The first kappa shape index (κ1) is 14.9. The smallest absolute Gasteiger partial charge is 0.0784 e. The van der Waals surface area contributed by atoms with Crippen LogP contribution in [0.5, 0.6) is 0 Å². The van der Waals surface area contributed by atoms with Gasteiger partial charge < -0.3 is 10.6 Å². The molecule has 0 amide bonds.